The first kappa shape index (κ1) is 11.3. The van der Waals surface area contributed by atoms with E-state index in [2.05, 4.69) is 4.98 Å². The lowest BCUT2D eigenvalue weighted by Gasteiger charge is -2.06. The number of carbonyl (C=O) groups excluding carboxylic acids is 1. The first-order valence-electron chi connectivity index (χ1n) is 5.22. The molecule has 4 N–H and O–H groups in total. The Bertz CT molecular complexity index is 562. The van der Waals surface area contributed by atoms with Crippen molar-refractivity contribution in [2.75, 3.05) is 12.3 Å². The Balaban J connectivity index is 2.27. The second-order valence-corrected chi connectivity index (χ2v) is 3.73. The predicted octanol–water partition coefficient (Wildman–Crippen LogP) is 1.02. The molecule has 0 radical (unpaired) electrons. The molecule has 17 heavy (non-hydrogen) atoms. The van der Waals surface area contributed by atoms with Crippen molar-refractivity contribution in [2.24, 2.45) is 5.73 Å². The van der Waals surface area contributed by atoms with E-state index >= 15 is 0 Å². The highest BCUT2D eigenvalue weighted by molar-refractivity contribution is 5.79. The topological polar surface area (TPSA) is 96.2 Å². The Morgan fingerprint density at radius 2 is 2.29 bits per heavy atom. The van der Waals surface area contributed by atoms with Crippen LogP contribution in [0.1, 0.15) is 5.82 Å². The number of amides is 1. The highest BCUT2D eigenvalue weighted by atomic mass is 16.5. The van der Waals surface area contributed by atoms with Crippen LogP contribution in [0.4, 0.5) is 10.5 Å². The van der Waals surface area contributed by atoms with Gasteiger partial charge in [0.2, 0.25) is 0 Å². The Morgan fingerprint density at radius 1 is 1.53 bits per heavy atom. The van der Waals surface area contributed by atoms with Crippen LogP contribution in [0.25, 0.3) is 11.0 Å². The SMILES string of the molecule is Cc1nc2cc(N)ccc2n1CCOC(N)=O. The average molecular weight is 234 g/mol. The van der Waals surface area contributed by atoms with Crippen LogP contribution in [-0.2, 0) is 11.3 Å². The molecule has 0 atom stereocenters. The molecule has 1 amide bonds. The number of hydrogen-bond acceptors (Lipinski definition) is 4. The zero-order valence-electron chi connectivity index (χ0n) is 9.51. The molecule has 0 saturated heterocycles. The fourth-order valence-electron chi connectivity index (χ4n) is 1.79. The Kier molecular flexibility index (Phi) is 2.86. The van der Waals surface area contributed by atoms with Crippen LogP contribution in [0.5, 0.6) is 0 Å². The van der Waals surface area contributed by atoms with Crippen LogP contribution in [0, 0.1) is 6.92 Å². The normalized spacial score (nSPS) is 10.6. The predicted molar refractivity (Wildman–Crippen MR) is 64.4 cm³/mol. The molecule has 0 fully saturated rings. The van der Waals surface area contributed by atoms with Gasteiger partial charge in [0.1, 0.15) is 12.4 Å². The summed E-state index contributed by atoms with van der Waals surface area (Å²) < 4.78 is 6.66. The molecule has 0 aliphatic rings. The molecule has 0 aliphatic carbocycles. The zero-order valence-corrected chi connectivity index (χ0v) is 9.51. The molecule has 0 spiro atoms. The Morgan fingerprint density at radius 3 is 3.00 bits per heavy atom. The largest absolute Gasteiger partial charge is 0.448 e. The molecule has 1 aromatic heterocycles. The van der Waals surface area contributed by atoms with E-state index in [1.165, 1.54) is 0 Å². The van der Waals surface area contributed by atoms with Gasteiger partial charge < -0.3 is 20.8 Å². The second-order valence-electron chi connectivity index (χ2n) is 3.73. The minimum absolute atomic E-state index is 0.228. The third-order valence-electron chi connectivity index (χ3n) is 2.52. The maximum absolute atomic E-state index is 10.5. The van der Waals surface area contributed by atoms with E-state index in [1.54, 1.807) is 0 Å². The first-order valence-corrected chi connectivity index (χ1v) is 5.22. The summed E-state index contributed by atoms with van der Waals surface area (Å²) in [6.07, 6.45) is -0.767. The van der Waals surface area contributed by atoms with E-state index in [4.69, 9.17) is 16.2 Å². The molecule has 1 aromatic carbocycles. The highest BCUT2D eigenvalue weighted by Crippen LogP contribution is 2.18. The number of carbonyl (C=O) groups is 1. The smallest absolute Gasteiger partial charge is 0.404 e. The third-order valence-corrected chi connectivity index (χ3v) is 2.52. The van der Waals surface area contributed by atoms with Gasteiger partial charge in [0.15, 0.2) is 0 Å². The van der Waals surface area contributed by atoms with Crippen LogP contribution in [0.15, 0.2) is 18.2 Å². The number of hydrogen-bond donors (Lipinski definition) is 2. The van der Waals surface area contributed by atoms with E-state index in [-0.39, 0.29) is 6.61 Å². The van der Waals surface area contributed by atoms with Gasteiger partial charge in [-0.1, -0.05) is 0 Å². The fraction of sp³-hybridized carbons (Fsp3) is 0.273. The van der Waals surface area contributed by atoms with E-state index in [0.717, 1.165) is 16.9 Å². The van der Waals surface area contributed by atoms with Gasteiger partial charge in [0.25, 0.3) is 0 Å². The number of nitrogen functional groups attached to an aromatic ring is 1. The number of primary amides is 1. The average Bonchev–Trinajstić information content (AvgIpc) is 2.54. The molecule has 0 aliphatic heterocycles. The van der Waals surface area contributed by atoms with Crippen molar-refractivity contribution in [2.45, 2.75) is 13.5 Å². The van der Waals surface area contributed by atoms with Gasteiger partial charge in [-0.2, -0.15) is 0 Å². The summed E-state index contributed by atoms with van der Waals surface area (Å²) in [6.45, 7) is 2.64. The van der Waals surface area contributed by atoms with Gasteiger partial charge in [-0.05, 0) is 25.1 Å². The summed E-state index contributed by atoms with van der Waals surface area (Å²) in [7, 11) is 0. The number of rotatable bonds is 3. The Hall–Kier alpha value is -2.24. The molecule has 0 bridgehead atoms. The molecule has 2 rings (SSSR count). The molecule has 2 aromatic rings. The molecule has 6 heteroatoms. The van der Waals surface area contributed by atoms with Crippen LogP contribution in [0.3, 0.4) is 0 Å². The van der Waals surface area contributed by atoms with Crippen LogP contribution >= 0.6 is 0 Å². The number of benzene rings is 1. The van der Waals surface area contributed by atoms with Gasteiger partial charge >= 0.3 is 6.09 Å². The summed E-state index contributed by atoms with van der Waals surface area (Å²) in [5, 5.41) is 0. The van der Waals surface area contributed by atoms with E-state index in [9.17, 15) is 4.79 Å². The number of nitrogens with two attached hydrogens (primary N) is 2. The van der Waals surface area contributed by atoms with Gasteiger partial charge in [0, 0.05) is 5.69 Å². The summed E-state index contributed by atoms with van der Waals surface area (Å²) >= 11 is 0. The Labute approximate surface area is 98.2 Å². The lowest BCUT2D eigenvalue weighted by atomic mass is 10.3. The zero-order chi connectivity index (χ0) is 12.4. The third kappa shape index (κ3) is 2.30. The summed E-state index contributed by atoms with van der Waals surface area (Å²) in [5.74, 6) is 0.846. The number of anilines is 1. The van der Waals surface area contributed by atoms with Crippen LogP contribution in [0.2, 0.25) is 0 Å². The molecule has 0 unspecified atom stereocenters. The van der Waals surface area contributed by atoms with Gasteiger partial charge in [0.05, 0.1) is 17.6 Å². The van der Waals surface area contributed by atoms with Crippen molar-refractivity contribution in [1.29, 1.82) is 0 Å². The lowest BCUT2D eigenvalue weighted by Crippen LogP contribution is -2.17. The van der Waals surface area contributed by atoms with Gasteiger partial charge in [-0.15, -0.1) is 0 Å². The maximum atomic E-state index is 10.5. The van der Waals surface area contributed by atoms with Crippen molar-refractivity contribution >= 4 is 22.8 Å². The van der Waals surface area contributed by atoms with Crippen LogP contribution < -0.4 is 11.5 Å². The number of nitrogens with zero attached hydrogens (tertiary/aromatic N) is 2. The van der Waals surface area contributed by atoms with Gasteiger partial charge in [-0.25, -0.2) is 9.78 Å². The minimum atomic E-state index is -0.767. The van der Waals surface area contributed by atoms with Crippen molar-refractivity contribution in [3.63, 3.8) is 0 Å². The van der Waals surface area contributed by atoms with Crippen LogP contribution in [-0.4, -0.2) is 22.3 Å². The van der Waals surface area contributed by atoms with E-state index in [1.807, 2.05) is 29.7 Å². The number of fused-ring (bicyclic) bond motifs is 1. The fourth-order valence-corrected chi connectivity index (χ4v) is 1.79. The quantitative estimate of drug-likeness (QED) is 0.775. The number of ether oxygens (including phenoxy) is 1. The van der Waals surface area contributed by atoms with E-state index in [0.29, 0.717) is 12.2 Å². The van der Waals surface area contributed by atoms with Crippen molar-refractivity contribution in [3.05, 3.63) is 24.0 Å². The monoisotopic (exact) mass is 234 g/mol. The summed E-state index contributed by atoms with van der Waals surface area (Å²) in [5.41, 5.74) is 13.1. The molecule has 6 nitrogen and oxygen atoms in total. The van der Waals surface area contributed by atoms with Gasteiger partial charge in [-0.3, -0.25) is 0 Å². The molecular formula is C11H14N4O2. The first-order chi connectivity index (χ1) is 8.08. The van der Waals surface area contributed by atoms with Crippen molar-refractivity contribution in [3.8, 4) is 0 Å². The molecule has 90 valence electrons. The lowest BCUT2D eigenvalue weighted by molar-refractivity contribution is 0.152. The maximum Gasteiger partial charge on any atom is 0.404 e. The minimum Gasteiger partial charge on any atom is -0.448 e. The summed E-state index contributed by atoms with van der Waals surface area (Å²) in [6, 6.07) is 5.53. The molecular weight excluding hydrogens is 220 g/mol. The summed E-state index contributed by atoms with van der Waals surface area (Å²) in [4.78, 5) is 14.9. The molecule has 1 heterocycles. The van der Waals surface area contributed by atoms with Crippen molar-refractivity contribution < 1.29 is 9.53 Å². The van der Waals surface area contributed by atoms with E-state index < -0.39 is 6.09 Å². The van der Waals surface area contributed by atoms with Crippen molar-refractivity contribution in [1.82, 2.24) is 9.55 Å². The standard InChI is InChI=1S/C11H14N4O2/c1-7-14-9-6-8(12)2-3-10(9)15(7)4-5-17-11(13)16/h2-3,6H,4-5,12H2,1H3,(H2,13,16). The second kappa shape index (κ2) is 4.32. The number of imidazole rings is 1. The number of aromatic nitrogens is 2. The highest BCUT2D eigenvalue weighted by Gasteiger charge is 2.07. The molecule has 0 saturated carbocycles. The number of aryl methyl sites for hydroxylation is 1.